The fourth-order valence-electron chi connectivity index (χ4n) is 2.99. The van der Waals surface area contributed by atoms with E-state index in [0.717, 1.165) is 11.0 Å². The van der Waals surface area contributed by atoms with Crippen LogP contribution in [0.1, 0.15) is 26.4 Å². The maximum atomic E-state index is 13.2. The third-order valence-electron chi connectivity index (χ3n) is 4.48. The number of aromatic nitrogens is 1. The molecule has 2 heterocycles. The number of nitrogens with one attached hydrogen (secondary N) is 1. The molecule has 4 rings (SSSR count). The minimum atomic E-state index is -3.94. The second-order valence-corrected chi connectivity index (χ2v) is 8.56. The third-order valence-corrected chi connectivity index (χ3v) is 6.16. The monoisotopic (exact) mass is 445 g/mol. The Morgan fingerprint density at radius 2 is 1.77 bits per heavy atom. The summed E-state index contributed by atoms with van der Waals surface area (Å²) in [5.41, 5.74) is 1.02. The van der Waals surface area contributed by atoms with Crippen LogP contribution in [-0.4, -0.2) is 30.1 Å². The number of anilines is 1. The van der Waals surface area contributed by atoms with Crippen LogP contribution >= 0.6 is 11.6 Å². The van der Waals surface area contributed by atoms with E-state index in [0.29, 0.717) is 5.56 Å². The molecule has 0 spiro atoms. The molecule has 0 bridgehead atoms. The van der Waals surface area contributed by atoms with Crippen LogP contribution in [0.5, 0.6) is 0 Å². The second-order valence-electron chi connectivity index (χ2n) is 6.47. The summed E-state index contributed by atoms with van der Waals surface area (Å²) >= 11 is 5.67. The molecule has 0 radical (unpaired) electrons. The zero-order valence-electron chi connectivity index (χ0n) is 15.2. The van der Waals surface area contributed by atoms with Gasteiger partial charge in [-0.05, 0) is 48.0 Å². The average molecular weight is 446 g/mol. The predicted octanol–water partition coefficient (Wildman–Crippen LogP) is 3.47. The summed E-state index contributed by atoms with van der Waals surface area (Å²) in [6, 6.07) is 12.3. The Labute approximate surface area is 176 Å². The van der Waals surface area contributed by atoms with Crippen LogP contribution < -0.4 is 4.72 Å². The molecule has 7 nitrogen and oxygen atoms in total. The van der Waals surface area contributed by atoms with Crippen molar-refractivity contribution in [3.63, 3.8) is 0 Å². The highest BCUT2D eigenvalue weighted by atomic mass is 35.5. The molecular formula is C20H13ClFN3O4S. The van der Waals surface area contributed by atoms with Crippen molar-refractivity contribution >= 4 is 39.1 Å². The number of carbonyl (C=O) groups is 2. The van der Waals surface area contributed by atoms with E-state index in [2.05, 4.69) is 9.71 Å². The van der Waals surface area contributed by atoms with Gasteiger partial charge in [0.15, 0.2) is 0 Å². The van der Waals surface area contributed by atoms with Crippen LogP contribution in [0.2, 0.25) is 5.02 Å². The summed E-state index contributed by atoms with van der Waals surface area (Å²) in [5.74, 6) is -1.61. The normalized spacial score (nSPS) is 13.5. The van der Waals surface area contributed by atoms with Gasteiger partial charge in [-0.2, -0.15) is 0 Å². The van der Waals surface area contributed by atoms with E-state index in [1.54, 1.807) is 6.07 Å². The van der Waals surface area contributed by atoms with E-state index in [-0.39, 0.29) is 33.4 Å². The number of pyridine rings is 1. The Hall–Kier alpha value is -3.30. The first-order valence-corrected chi connectivity index (χ1v) is 10.5. The van der Waals surface area contributed by atoms with Crippen LogP contribution in [0.25, 0.3) is 0 Å². The van der Waals surface area contributed by atoms with E-state index in [1.807, 2.05) is 0 Å². The molecule has 3 aromatic rings. The molecule has 1 N–H and O–H groups in total. The van der Waals surface area contributed by atoms with E-state index in [4.69, 9.17) is 11.6 Å². The fraction of sp³-hybridized carbons (Fsp3) is 0.0500. The van der Waals surface area contributed by atoms with Gasteiger partial charge in [0.25, 0.3) is 21.8 Å². The summed E-state index contributed by atoms with van der Waals surface area (Å²) in [5, 5.41) is -0.207. The SMILES string of the molecule is O=C1c2cccnc2C(=O)N1Cc1ccc(S(=O)(=O)Nc2ccc(F)c(Cl)c2)cc1. The van der Waals surface area contributed by atoms with Gasteiger partial charge in [0.1, 0.15) is 11.5 Å². The van der Waals surface area contributed by atoms with E-state index in [9.17, 15) is 22.4 Å². The zero-order valence-corrected chi connectivity index (χ0v) is 16.7. The van der Waals surface area contributed by atoms with Gasteiger partial charge in [-0.1, -0.05) is 23.7 Å². The lowest BCUT2D eigenvalue weighted by atomic mass is 10.2. The minimum absolute atomic E-state index is 0.0185. The van der Waals surface area contributed by atoms with Gasteiger partial charge >= 0.3 is 0 Å². The molecule has 2 aromatic carbocycles. The molecule has 0 saturated carbocycles. The molecule has 10 heteroatoms. The molecule has 30 heavy (non-hydrogen) atoms. The molecule has 0 atom stereocenters. The number of hydrogen-bond acceptors (Lipinski definition) is 5. The maximum Gasteiger partial charge on any atom is 0.280 e. The van der Waals surface area contributed by atoms with Crippen molar-refractivity contribution in [2.45, 2.75) is 11.4 Å². The number of benzene rings is 2. The van der Waals surface area contributed by atoms with Crippen molar-refractivity contribution in [3.05, 3.63) is 88.5 Å². The van der Waals surface area contributed by atoms with Gasteiger partial charge in [-0.15, -0.1) is 0 Å². The number of rotatable bonds is 5. The first-order chi connectivity index (χ1) is 14.3. The number of hydrogen-bond donors (Lipinski definition) is 1. The number of carbonyl (C=O) groups excluding carboxylic acids is 2. The molecule has 0 aliphatic carbocycles. The lowest BCUT2D eigenvalue weighted by Crippen LogP contribution is -2.29. The summed E-state index contributed by atoms with van der Waals surface area (Å²) < 4.78 is 40.6. The van der Waals surface area contributed by atoms with Crippen molar-refractivity contribution in [1.29, 1.82) is 0 Å². The van der Waals surface area contributed by atoms with Gasteiger partial charge in [-0.25, -0.2) is 12.8 Å². The Balaban J connectivity index is 1.51. The van der Waals surface area contributed by atoms with Crippen LogP contribution in [0.3, 0.4) is 0 Å². The highest BCUT2D eigenvalue weighted by Crippen LogP contribution is 2.24. The number of amides is 2. The second kappa shape index (κ2) is 7.51. The van der Waals surface area contributed by atoms with E-state index < -0.39 is 27.7 Å². The van der Waals surface area contributed by atoms with Gasteiger partial charge in [0.2, 0.25) is 0 Å². The standard InChI is InChI=1S/C20H13ClFN3O4S/c21-16-10-13(5-8-17(16)22)24-30(28,29)14-6-3-12(4-7-14)11-25-19(26)15-2-1-9-23-18(15)20(25)27/h1-10,24H,11H2. The molecule has 1 aliphatic heterocycles. The van der Waals surface area contributed by atoms with Crippen molar-refractivity contribution in [1.82, 2.24) is 9.88 Å². The highest BCUT2D eigenvalue weighted by molar-refractivity contribution is 7.92. The summed E-state index contributed by atoms with van der Waals surface area (Å²) in [7, 11) is -3.94. The number of halogens is 2. The van der Waals surface area contributed by atoms with Crippen molar-refractivity contribution in [2.75, 3.05) is 4.72 Å². The van der Waals surface area contributed by atoms with Gasteiger partial charge in [0.05, 0.1) is 27.7 Å². The van der Waals surface area contributed by atoms with Crippen molar-refractivity contribution in [2.24, 2.45) is 0 Å². The van der Waals surface area contributed by atoms with Crippen LogP contribution in [0, 0.1) is 5.82 Å². The predicted molar refractivity (Wildman–Crippen MR) is 107 cm³/mol. The van der Waals surface area contributed by atoms with Gasteiger partial charge in [0, 0.05) is 6.20 Å². The molecule has 1 aliphatic rings. The molecule has 0 unspecified atom stereocenters. The lowest BCUT2D eigenvalue weighted by Gasteiger charge is -2.14. The largest absolute Gasteiger partial charge is 0.280 e. The fourth-order valence-corrected chi connectivity index (χ4v) is 4.22. The Bertz CT molecular complexity index is 1240. The van der Waals surface area contributed by atoms with Gasteiger partial charge < -0.3 is 0 Å². The summed E-state index contributed by atoms with van der Waals surface area (Å²) in [4.78, 5) is 29.8. The van der Waals surface area contributed by atoms with Crippen LogP contribution in [-0.2, 0) is 16.6 Å². The Morgan fingerprint density at radius 1 is 1.03 bits per heavy atom. The van der Waals surface area contributed by atoms with E-state index >= 15 is 0 Å². The van der Waals surface area contributed by atoms with E-state index in [1.165, 1.54) is 48.7 Å². The number of sulfonamides is 1. The lowest BCUT2D eigenvalue weighted by molar-refractivity contribution is 0.0640. The molecule has 2 amide bonds. The number of fused-ring (bicyclic) bond motifs is 1. The quantitative estimate of drug-likeness (QED) is 0.606. The number of imide groups is 1. The molecular weight excluding hydrogens is 433 g/mol. The third kappa shape index (κ3) is 3.64. The van der Waals surface area contributed by atoms with Crippen LogP contribution in [0.4, 0.5) is 10.1 Å². The summed E-state index contributed by atoms with van der Waals surface area (Å²) in [6.07, 6.45) is 1.44. The molecule has 0 saturated heterocycles. The smallest absolute Gasteiger partial charge is 0.280 e. The van der Waals surface area contributed by atoms with Gasteiger partial charge in [-0.3, -0.25) is 24.2 Å². The molecule has 152 valence electrons. The minimum Gasteiger partial charge on any atom is -0.280 e. The maximum absolute atomic E-state index is 13.2. The molecule has 1 aromatic heterocycles. The number of nitrogens with zero attached hydrogens (tertiary/aromatic N) is 2. The first kappa shape index (κ1) is 20.0. The average Bonchev–Trinajstić information content (AvgIpc) is 2.96. The first-order valence-electron chi connectivity index (χ1n) is 8.64. The highest BCUT2D eigenvalue weighted by Gasteiger charge is 2.36. The topological polar surface area (TPSA) is 96.4 Å². The Kier molecular flexibility index (Phi) is 5.00. The van der Waals surface area contributed by atoms with Crippen LogP contribution in [0.15, 0.2) is 65.7 Å². The Morgan fingerprint density at radius 3 is 2.43 bits per heavy atom. The zero-order chi connectivity index (χ0) is 21.5. The van der Waals surface area contributed by atoms with Crippen molar-refractivity contribution < 1.29 is 22.4 Å². The molecule has 0 fully saturated rings. The van der Waals surface area contributed by atoms with Crippen molar-refractivity contribution in [3.8, 4) is 0 Å². The summed E-state index contributed by atoms with van der Waals surface area (Å²) in [6.45, 7) is -0.0185.